The average molecular weight is 291 g/mol. The summed E-state index contributed by atoms with van der Waals surface area (Å²) in [5.41, 5.74) is 0.341. The molecule has 1 aliphatic heterocycles. The molecule has 3 heterocycles. The zero-order chi connectivity index (χ0) is 14.8. The number of likely N-dealkylation sites (N-methyl/N-ethyl adjacent to an activating group) is 1. The van der Waals surface area contributed by atoms with Gasteiger partial charge in [-0.05, 0) is 14.0 Å². The van der Waals surface area contributed by atoms with Crippen molar-refractivity contribution in [2.45, 2.75) is 6.92 Å². The van der Waals surface area contributed by atoms with Gasteiger partial charge in [-0.3, -0.25) is 4.90 Å². The van der Waals surface area contributed by atoms with Crippen molar-refractivity contribution >= 4 is 11.5 Å². The van der Waals surface area contributed by atoms with E-state index in [2.05, 4.69) is 37.3 Å². The van der Waals surface area contributed by atoms with Crippen LogP contribution >= 0.6 is 0 Å². The van der Waals surface area contributed by atoms with Crippen molar-refractivity contribution in [1.29, 1.82) is 0 Å². The molecular weight excluding hydrogens is 270 g/mol. The molecule has 21 heavy (non-hydrogen) atoms. The summed E-state index contributed by atoms with van der Waals surface area (Å²) in [6, 6.07) is 1.79. The SMILES string of the molecule is Cc1nc(NCCN2CCN(C)CC2)cc2n[nH]c(=O)n12. The van der Waals surface area contributed by atoms with Crippen LogP contribution in [0.2, 0.25) is 0 Å². The van der Waals surface area contributed by atoms with Gasteiger partial charge in [0.2, 0.25) is 0 Å². The van der Waals surface area contributed by atoms with E-state index in [0.29, 0.717) is 11.5 Å². The average Bonchev–Trinajstić information content (AvgIpc) is 2.83. The van der Waals surface area contributed by atoms with Gasteiger partial charge >= 0.3 is 5.69 Å². The van der Waals surface area contributed by atoms with Crippen LogP contribution < -0.4 is 11.0 Å². The highest BCUT2D eigenvalue weighted by Crippen LogP contribution is 2.07. The molecule has 1 fully saturated rings. The van der Waals surface area contributed by atoms with Gasteiger partial charge in [0, 0.05) is 45.3 Å². The number of nitrogens with zero attached hydrogens (tertiary/aromatic N) is 5. The van der Waals surface area contributed by atoms with Crippen molar-refractivity contribution < 1.29 is 0 Å². The minimum Gasteiger partial charge on any atom is -0.369 e. The fourth-order valence-electron chi connectivity index (χ4n) is 2.60. The van der Waals surface area contributed by atoms with E-state index in [9.17, 15) is 4.79 Å². The highest BCUT2D eigenvalue weighted by atomic mass is 16.1. The lowest BCUT2D eigenvalue weighted by atomic mass is 10.3. The van der Waals surface area contributed by atoms with Crippen LogP contribution in [0.25, 0.3) is 5.65 Å². The maximum absolute atomic E-state index is 11.5. The monoisotopic (exact) mass is 291 g/mol. The Morgan fingerprint density at radius 3 is 2.86 bits per heavy atom. The number of nitrogens with one attached hydrogen (secondary N) is 2. The fourth-order valence-corrected chi connectivity index (χ4v) is 2.60. The minimum absolute atomic E-state index is 0.251. The van der Waals surface area contributed by atoms with Gasteiger partial charge in [-0.2, -0.15) is 5.10 Å². The van der Waals surface area contributed by atoms with Crippen LogP contribution in [0, 0.1) is 6.92 Å². The van der Waals surface area contributed by atoms with Gasteiger partial charge in [0.1, 0.15) is 11.6 Å². The Hall–Kier alpha value is -1.93. The van der Waals surface area contributed by atoms with Crippen LogP contribution in [-0.2, 0) is 0 Å². The number of aryl methyl sites for hydroxylation is 1. The topological polar surface area (TPSA) is 81.6 Å². The standard InChI is InChI=1S/C13H21N7O/c1-10-15-11(9-12-16-17-13(21)20(10)12)14-3-4-19-7-5-18(2)6-8-19/h9,14H,3-8H2,1-2H3,(H,17,21). The van der Waals surface area contributed by atoms with E-state index < -0.39 is 0 Å². The summed E-state index contributed by atoms with van der Waals surface area (Å²) in [5.74, 6) is 1.39. The highest BCUT2D eigenvalue weighted by molar-refractivity contribution is 5.49. The smallest absolute Gasteiger partial charge is 0.349 e. The zero-order valence-electron chi connectivity index (χ0n) is 12.5. The van der Waals surface area contributed by atoms with E-state index in [4.69, 9.17) is 0 Å². The van der Waals surface area contributed by atoms with Crippen LogP contribution in [0.5, 0.6) is 0 Å². The lowest BCUT2D eigenvalue weighted by molar-refractivity contribution is 0.158. The number of piperazine rings is 1. The first-order valence-corrected chi connectivity index (χ1v) is 7.23. The van der Waals surface area contributed by atoms with E-state index in [1.165, 1.54) is 4.40 Å². The fraction of sp³-hybridized carbons (Fsp3) is 0.615. The molecular formula is C13H21N7O. The van der Waals surface area contributed by atoms with Gasteiger partial charge in [-0.25, -0.2) is 19.3 Å². The molecule has 0 saturated carbocycles. The Labute approximate surface area is 122 Å². The molecule has 2 aromatic heterocycles. The second-order valence-electron chi connectivity index (χ2n) is 5.48. The van der Waals surface area contributed by atoms with Crippen molar-refractivity contribution in [1.82, 2.24) is 29.4 Å². The predicted molar refractivity (Wildman–Crippen MR) is 80.8 cm³/mol. The van der Waals surface area contributed by atoms with Crippen LogP contribution in [-0.4, -0.2) is 75.7 Å². The van der Waals surface area contributed by atoms with E-state index in [1.54, 1.807) is 13.0 Å². The molecule has 114 valence electrons. The van der Waals surface area contributed by atoms with Gasteiger partial charge in [0.05, 0.1) is 0 Å². The summed E-state index contributed by atoms with van der Waals surface area (Å²) in [7, 11) is 2.16. The predicted octanol–water partition coefficient (Wildman–Crippen LogP) is -0.615. The number of H-pyrrole nitrogens is 1. The quantitative estimate of drug-likeness (QED) is 0.782. The maximum Gasteiger partial charge on any atom is 0.349 e. The number of anilines is 1. The number of aromatic nitrogens is 4. The van der Waals surface area contributed by atoms with Crippen LogP contribution in [0.15, 0.2) is 10.9 Å². The summed E-state index contributed by atoms with van der Waals surface area (Å²) in [5, 5.41) is 9.72. The first kappa shape index (κ1) is 14.0. The normalized spacial score (nSPS) is 17.4. The Kier molecular flexibility index (Phi) is 3.89. The van der Waals surface area contributed by atoms with E-state index in [1.807, 2.05) is 0 Å². The second kappa shape index (κ2) is 5.82. The molecule has 0 aliphatic carbocycles. The van der Waals surface area contributed by atoms with Gasteiger partial charge in [0.15, 0.2) is 5.65 Å². The van der Waals surface area contributed by atoms with Crippen molar-refractivity contribution in [2.75, 3.05) is 51.6 Å². The highest BCUT2D eigenvalue weighted by Gasteiger charge is 2.13. The first-order chi connectivity index (χ1) is 10.1. The van der Waals surface area contributed by atoms with Crippen molar-refractivity contribution in [3.8, 4) is 0 Å². The third-order valence-corrected chi connectivity index (χ3v) is 3.90. The van der Waals surface area contributed by atoms with Gasteiger partial charge < -0.3 is 10.2 Å². The molecule has 3 rings (SSSR count). The summed E-state index contributed by atoms with van der Waals surface area (Å²) < 4.78 is 1.46. The summed E-state index contributed by atoms with van der Waals surface area (Å²) in [6.45, 7) is 8.10. The third-order valence-electron chi connectivity index (χ3n) is 3.90. The van der Waals surface area contributed by atoms with Crippen LogP contribution in [0.4, 0.5) is 5.82 Å². The molecule has 0 amide bonds. The van der Waals surface area contributed by atoms with E-state index >= 15 is 0 Å². The number of aromatic amines is 1. The van der Waals surface area contributed by atoms with Crippen molar-refractivity contribution in [3.63, 3.8) is 0 Å². The minimum atomic E-state index is -0.251. The Balaban J connectivity index is 1.59. The second-order valence-corrected chi connectivity index (χ2v) is 5.48. The molecule has 0 aromatic carbocycles. The van der Waals surface area contributed by atoms with E-state index in [0.717, 1.165) is 45.1 Å². The Bertz CT molecular complexity index is 669. The lowest BCUT2D eigenvalue weighted by Crippen LogP contribution is -2.45. The molecule has 0 radical (unpaired) electrons. The van der Waals surface area contributed by atoms with Crippen molar-refractivity contribution in [2.24, 2.45) is 0 Å². The molecule has 8 nitrogen and oxygen atoms in total. The van der Waals surface area contributed by atoms with Crippen LogP contribution in [0.1, 0.15) is 5.82 Å². The number of fused-ring (bicyclic) bond motifs is 1. The number of hydrogen-bond donors (Lipinski definition) is 2. The molecule has 0 unspecified atom stereocenters. The summed E-state index contributed by atoms with van der Waals surface area (Å²) in [6.07, 6.45) is 0. The van der Waals surface area contributed by atoms with Gasteiger partial charge in [-0.1, -0.05) is 0 Å². The Morgan fingerprint density at radius 1 is 1.33 bits per heavy atom. The van der Waals surface area contributed by atoms with Crippen LogP contribution in [0.3, 0.4) is 0 Å². The summed E-state index contributed by atoms with van der Waals surface area (Å²) in [4.78, 5) is 20.7. The molecule has 8 heteroatoms. The van der Waals surface area contributed by atoms with Crippen molar-refractivity contribution in [3.05, 3.63) is 22.4 Å². The maximum atomic E-state index is 11.5. The molecule has 0 bridgehead atoms. The molecule has 1 saturated heterocycles. The molecule has 0 spiro atoms. The number of hydrogen-bond acceptors (Lipinski definition) is 6. The lowest BCUT2D eigenvalue weighted by Gasteiger charge is -2.32. The van der Waals surface area contributed by atoms with Gasteiger partial charge in [0.25, 0.3) is 0 Å². The molecule has 2 aromatic rings. The van der Waals surface area contributed by atoms with Gasteiger partial charge in [-0.15, -0.1) is 0 Å². The molecule has 0 atom stereocenters. The third kappa shape index (κ3) is 3.06. The number of rotatable bonds is 4. The Morgan fingerprint density at radius 2 is 2.10 bits per heavy atom. The largest absolute Gasteiger partial charge is 0.369 e. The van der Waals surface area contributed by atoms with E-state index in [-0.39, 0.29) is 5.69 Å². The molecule has 1 aliphatic rings. The first-order valence-electron chi connectivity index (χ1n) is 7.23. The molecule has 2 N–H and O–H groups in total. The zero-order valence-corrected chi connectivity index (χ0v) is 12.5. The summed E-state index contributed by atoms with van der Waals surface area (Å²) >= 11 is 0.